The Hall–Kier alpha value is -1.69. The van der Waals surface area contributed by atoms with Crippen molar-refractivity contribution in [2.75, 3.05) is 6.54 Å². The van der Waals surface area contributed by atoms with Crippen molar-refractivity contribution < 1.29 is 13.2 Å². The molecule has 2 aromatic carbocycles. The van der Waals surface area contributed by atoms with E-state index in [9.17, 15) is 8.42 Å². The first-order chi connectivity index (χ1) is 12.5. The van der Waals surface area contributed by atoms with Crippen LogP contribution in [-0.4, -0.2) is 15.0 Å². The van der Waals surface area contributed by atoms with Crippen molar-refractivity contribution >= 4 is 10.0 Å². The summed E-state index contributed by atoms with van der Waals surface area (Å²) in [5.74, 6) is 0.501. The molecule has 0 unspecified atom stereocenters. The second kappa shape index (κ2) is 5.41. The number of hydrogen-bond donors (Lipinski definition) is 1. The van der Waals surface area contributed by atoms with E-state index in [0.717, 1.165) is 18.4 Å². The fourth-order valence-corrected chi connectivity index (χ4v) is 6.36. The van der Waals surface area contributed by atoms with Gasteiger partial charge in [0.1, 0.15) is 5.60 Å². The normalized spacial score (nSPS) is 31.8. The van der Waals surface area contributed by atoms with Crippen molar-refractivity contribution in [2.45, 2.75) is 48.7 Å². The van der Waals surface area contributed by atoms with Crippen LogP contribution in [0.3, 0.4) is 0 Å². The molecule has 26 heavy (non-hydrogen) atoms. The molecular formula is C21H23NO3S. The van der Waals surface area contributed by atoms with Crippen LogP contribution in [0, 0.1) is 12.8 Å². The van der Waals surface area contributed by atoms with Gasteiger partial charge in [0.15, 0.2) is 0 Å². The first-order valence-corrected chi connectivity index (χ1v) is 10.8. The highest BCUT2D eigenvalue weighted by atomic mass is 32.2. The summed E-state index contributed by atoms with van der Waals surface area (Å²) in [6, 6.07) is 15.3. The first kappa shape index (κ1) is 16.5. The number of rotatable bonds is 4. The lowest BCUT2D eigenvalue weighted by Crippen LogP contribution is -2.40. The van der Waals surface area contributed by atoms with Gasteiger partial charge >= 0.3 is 0 Å². The highest BCUT2D eigenvalue weighted by Crippen LogP contribution is 2.66. The minimum atomic E-state index is -3.55. The third kappa shape index (κ3) is 2.17. The van der Waals surface area contributed by atoms with Gasteiger partial charge in [0.2, 0.25) is 10.0 Å². The van der Waals surface area contributed by atoms with Crippen LogP contribution in [0.4, 0.5) is 0 Å². The molecule has 0 aromatic heterocycles. The van der Waals surface area contributed by atoms with Crippen molar-refractivity contribution in [3.05, 3.63) is 65.2 Å². The molecule has 1 N–H and O–H groups in total. The second-order valence-corrected chi connectivity index (χ2v) is 9.73. The maximum atomic E-state index is 12.8. The number of fused-ring (bicyclic) bond motifs is 3. The van der Waals surface area contributed by atoms with E-state index in [4.69, 9.17) is 4.74 Å². The molecule has 2 heterocycles. The number of benzene rings is 2. The minimum absolute atomic E-state index is 0.189. The summed E-state index contributed by atoms with van der Waals surface area (Å²) in [5, 5.41) is 0. The predicted molar refractivity (Wildman–Crippen MR) is 99.2 cm³/mol. The zero-order valence-electron chi connectivity index (χ0n) is 14.9. The van der Waals surface area contributed by atoms with E-state index in [1.54, 1.807) is 12.1 Å². The number of nitrogens with one attached hydrogen (secondary N) is 1. The molecule has 5 heteroatoms. The fourth-order valence-electron chi connectivity index (χ4n) is 5.28. The quantitative estimate of drug-likeness (QED) is 0.896. The van der Waals surface area contributed by atoms with E-state index in [1.807, 2.05) is 25.1 Å². The van der Waals surface area contributed by atoms with Crippen LogP contribution in [0.25, 0.3) is 0 Å². The average molecular weight is 369 g/mol. The molecule has 1 aliphatic carbocycles. The van der Waals surface area contributed by atoms with Gasteiger partial charge in [0, 0.05) is 6.54 Å². The highest BCUT2D eigenvalue weighted by molar-refractivity contribution is 7.89. The molecule has 3 aliphatic rings. The highest BCUT2D eigenvalue weighted by Gasteiger charge is 2.65. The Morgan fingerprint density at radius 3 is 2.62 bits per heavy atom. The fraction of sp³-hybridized carbons (Fsp3) is 0.429. The van der Waals surface area contributed by atoms with E-state index < -0.39 is 15.6 Å². The van der Waals surface area contributed by atoms with Crippen LogP contribution in [0.1, 0.15) is 42.4 Å². The van der Waals surface area contributed by atoms with E-state index in [2.05, 4.69) is 22.9 Å². The van der Waals surface area contributed by atoms with Crippen molar-refractivity contribution in [1.29, 1.82) is 0 Å². The number of sulfonamides is 1. The third-order valence-corrected chi connectivity index (χ3v) is 7.88. The van der Waals surface area contributed by atoms with Gasteiger partial charge in [-0.25, -0.2) is 13.1 Å². The standard InChI is InChI=1S/C21H23NO3S/c1-15-8-10-17(11-9-15)26(23,24)22-14-20-13-16-5-4-12-21(16,25-20)19-7-3-2-6-18(19)20/h2-3,6-11,16,22H,4-5,12-14H2,1H3/t16-,20-,21-/m1/s1. The second-order valence-electron chi connectivity index (χ2n) is 7.96. The van der Waals surface area contributed by atoms with Gasteiger partial charge in [-0.3, -0.25) is 0 Å². The molecule has 136 valence electrons. The molecule has 2 fully saturated rings. The molecule has 0 amide bonds. The largest absolute Gasteiger partial charge is 0.357 e. The Morgan fingerprint density at radius 1 is 1.12 bits per heavy atom. The lowest BCUT2D eigenvalue weighted by molar-refractivity contribution is -0.0880. The molecule has 5 rings (SSSR count). The topological polar surface area (TPSA) is 55.4 Å². The lowest BCUT2D eigenvalue weighted by atomic mass is 9.72. The molecule has 3 atom stereocenters. The van der Waals surface area contributed by atoms with Gasteiger partial charge < -0.3 is 4.74 Å². The Labute approximate surface area is 154 Å². The summed E-state index contributed by atoms with van der Waals surface area (Å²) in [7, 11) is -3.55. The third-order valence-electron chi connectivity index (χ3n) is 6.47. The van der Waals surface area contributed by atoms with Crippen LogP contribution in [0.2, 0.25) is 0 Å². The van der Waals surface area contributed by atoms with Gasteiger partial charge in [-0.05, 0) is 61.8 Å². The summed E-state index contributed by atoms with van der Waals surface area (Å²) in [6.07, 6.45) is 4.30. The zero-order valence-corrected chi connectivity index (χ0v) is 15.7. The minimum Gasteiger partial charge on any atom is -0.357 e. The van der Waals surface area contributed by atoms with Gasteiger partial charge in [-0.15, -0.1) is 0 Å². The van der Waals surface area contributed by atoms with Crippen LogP contribution >= 0.6 is 0 Å². The van der Waals surface area contributed by atoms with Gasteiger partial charge in [-0.2, -0.15) is 0 Å². The van der Waals surface area contributed by atoms with Crippen molar-refractivity contribution in [1.82, 2.24) is 4.72 Å². The van der Waals surface area contributed by atoms with Gasteiger partial charge in [-0.1, -0.05) is 42.0 Å². The summed E-state index contributed by atoms with van der Waals surface area (Å²) in [5.41, 5.74) is 2.78. The summed E-state index contributed by atoms with van der Waals surface area (Å²) in [6.45, 7) is 2.24. The predicted octanol–water partition coefficient (Wildman–Crippen LogP) is 3.60. The van der Waals surface area contributed by atoms with E-state index in [-0.39, 0.29) is 5.60 Å². The van der Waals surface area contributed by atoms with Crippen LogP contribution in [-0.2, 0) is 26.0 Å². The van der Waals surface area contributed by atoms with Crippen LogP contribution in [0.15, 0.2) is 53.4 Å². The molecule has 1 spiro atoms. The van der Waals surface area contributed by atoms with Gasteiger partial charge in [0.05, 0.1) is 10.5 Å². The van der Waals surface area contributed by atoms with Crippen LogP contribution < -0.4 is 4.72 Å². The van der Waals surface area contributed by atoms with Gasteiger partial charge in [0.25, 0.3) is 0 Å². The molecule has 0 radical (unpaired) electrons. The maximum Gasteiger partial charge on any atom is 0.240 e. The van der Waals surface area contributed by atoms with Crippen molar-refractivity contribution in [3.63, 3.8) is 0 Å². The van der Waals surface area contributed by atoms with E-state index >= 15 is 0 Å². The smallest absolute Gasteiger partial charge is 0.240 e. The molecule has 1 saturated carbocycles. The Kier molecular flexibility index (Phi) is 3.43. The molecule has 4 nitrogen and oxygen atoms in total. The molecule has 2 aromatic rings. The molecular weight excluding hydrogens is 346 g/mol. The number of hydrogen-bond acceptors (Lipinski definition) is 3. The Balaban J connectivity index is 1.47. The maximum absolute atomic E-state index is 12.8. The summed E-state index contributed by atoms with van der Waals surface area (Å²) < 4.78 is 35.0. The molecule has 2 bridgehead atoms. The van der Waals surface area contributed by atoms with E-state index in [0.29, 0.717) is 17.4 Å². The monoisotopic (exact) mass is 369 g/mol. The Bertz CT molecular complexity index is 969. The zero-order chi connectivity index (χ0) is 18.0. The average Bonchev–Trinajstić information content (AvgIpc) is 3.26. The number of ether oxygens (including phenoxy) is 1. The SMILES string of the molecule is Cc1ccc(S(=O)(=O)NC[C@@]23C[C@H]4CCC[C@]4(O2)c2ccccc23)cc1. The summed E-state index contributed by atoms with van der Waals surface area (Å²) in [4.78, 5) is 0.304. The van der Waals surface area contributed by atoms with E-state index in [1.165, 1.54) is 24.0 Å². The van der Waals surface area contributed by atoms with Crippen LogP contribution in [0.5, 0.6) is 0 Å². The molecule has 1 saturated heterocycles. The lowest BCUT2D eigenvalue weighted by Gasteiger charge is -2.29. The molecule has 2 aliphatic heterocycles. The first-order valence-electron chi connectivity index (χ1n) is 9.32. The Morgan fingerprint density at radius 2 is 1.85 bits per heavy atom. The van der Waals surface area contributed by atoms with Crippen molar-refractivity contribution in [2.24, 2.45) is 5.92 Å². The number of aryl methyl sites for hydroxylation is 1. The van der Waals surface area contributed by atoms with Crippen molar-refractivity contribution in [3.8, 4) is 0 Å². The summed E-state index contributed by atoms with van der Waals surface area (Å²) >= 11 is 0.